The van der Waals surface area contributed by atoms with Gasteiger partial charge in [-0.15, -0.1) is 0 Å². The SMILES string of the molecule is NC(=NCC1=CCCCC1)N1CCOCC1. The van der Waals surface area contributed by atoms with Crippen molar-refractivity contribution in [3.05, 3.63) is 11.6 Å². The molecule has 0 saturated carbocycles. The molecule has 2 rings (SSSR count). The van der Waals surface area contributed by atoms with Crippen molar-refractivity contribution in [1.82, 2.24) is 4.90 Å². The molecule has 0 atom stereocenters. The minimum absolute atomic E-state index is 0.676. The minimum Gasteiger partial charge on any atom is -0.378 e. The summed E-state index contributed by atoms with van der Waals surface area (Å²) in [7, 11) is 0. The molecule has 1 fully saturated rings. The maximum Gasteiger partial charge on any atom is 0.191 e. The Labute approximate surface area is 97.2 Å². The second kappa shape index (κ2) is 5.89. The van der Waals surface area contributed by atoms with E-state index in [1.54, 1.807) is 0 Å². The maximum atomic E-state index is 5.96. The van der Waals surface area contributed by atoms with Crippen molar-refractivity contribution < 1.29 is 4.74 Å². The summed E-state index contributed by atoms with van der Waals surface area (Å²) in [5, 5.41) is 0. The summed E-state index contributed by atoms with van der Waals surface area (Å²) in [6.45, 7) is 4.05. The number of morpholine rings is 1. The van der Waals surface area contributed by atoms with Crippen molar-refractivity contribution in [1.29, 1.82) is 0 Å². The predicted molar refractivity (Wildman–Crippen MR) is 65.4 cm³/mol. The lowest BCUT2D eigenvalue weighted by Crippen LogP contribution is -2.44. The molecule has 0 spiro atoms. The minimum atomic E-state index is 0.676. The number of ether oxygens (including phenoxy) is 1. The molecular weight excluding hydrogens is 202 g/mol. The Morgan fingerprint density at radius 2 is 2.19 bits per heavy atom. The monoisotopic (exact) mass is 223 g/mol. The molecule has 0 amide bonds. The van der Waals surface area contributed by atoms with Gasteiger partial charge in [-0.3, -0.25) is 0 Å². The number of rotatable bonds is 2. The highest BCUT2D eigenvalue weighted by Gasteiger charge is 2.12. The largest absolute Gasteiger partial charge is 0.378 e. The van der Waals surface area contributed by atoms with E-state index in [4.69, 9.17) is 10.5 Å². The van der Waals surface area contributed by atoms with Gasteiger partial charge in [0.1, 0.15) is 0 Å². The van der Waals surface area contributed by atoms with E-state index in [0.717, 1.165) is 32.8 Å². The molecule has 90 valence electrons. The van der Waals surface area contributed by atoms with Crippen LogP contribution in [0.2, 0.25) is 0 Å². The highest BCUT2D eigenvalue weighted by Crippen LogP contribution is 2.17. The smallest absolute Gasteiger partial charge is 0.191 e. The van der Waals surface area contributed by atoms with Gasteiger partial charge in [-0.25, -0.2) is 4.99 Å². The Morgan fingerprint density at radius 1 is 1.38 bits per heavy atom. The van der Waals surface area contributed by atoms with Crippen LogP contribution in [0.4, 0.5) is 0 Å². The Bertz CT molecular complexity index is 280. The molecule has 0 aromatic carbocycles. The van der Waals surface area contributed by atoms with Gasteiger partial charge in [0.2, 0.25) is 0 Å². The number of hydrogen-bond donors (Lipinski definition) is 1. The third-order valence-electron chi connectivity index (χ3n) is 3.16. The van der Waals surface area contributed by atoms with Gasteiger partial charge < -0.3 is 15.4 Å². The number of guanidine groups is 1. The van der Waals surface area contributed by atoms with Crippen LogP contribution in [0.5, 0.6) is 0 Å². The first kappa shape index (κ1) is 11.5. The van der Waals surface area contributed by atoms with Crippen LogP contribution in [0.25, 0.3) is 0 Å². The Morgan fingerprint density at radius 3 is 2.88 bits per heavy atom. The topological polar surface area (TPSA) is 50.8 Å². The average molecular weight is 223 g/mol. The van der Waals surface area contributed by atoms with Crippen LogP contribution in [0.3, 0.4) is 0 Å². The van der Waals surface area contributed by atoms with Crippen LogP contribution in [0, 0.1) is 0 Å². The predicted octanol–water partition coefficient (Wildman–Crippen LogP) is 1.13. The fourth-order valence-corrected chi connectivity index (χ4v) is 2.12. The summed E-state index contributed by atoms with van der Waals surface area (Å²) in [6.07, 6.45) is 7.35. The Balaban J connectivity index is 1.83. The van der Waals surface area contributed by atoms with Crippen molar-refractivity contribution in [3.63, 3.8) is 0 Å². The fraction of sp³-hybridized carbons (Fsp3) is 0.750. The van der Waals surface area contributed by atoms with Crippen molar-refractivity contribution in [2.24, 2.45) is 10.7 Å². The van der Waals surface area contributed by atoms with Crippen LogP contribution in [0.1, 0.15) is 25.7 Å². The molecule has 1 aliphatic carbocycles. The first-order valence-corrected chi connectivity index (χ1v) is 6.17. The molecule has 0 aromatic rings. The van der Waals surface area contributed by atoms with E-state index in [1.807, 2.05) is 0 Å². The van der Waals surface area contributed by atoms with Gasteiger partial charge in [-0.1, -0.05) is 11.6 Å². The van der Waals surface area contributed by atoms with Gasteiger partial charge in [-0.05, 0) is 25.7 Å². The number of hydrogen-bond acceptors (Lipinski definition) is 2. The first-order chi connectivity index (χ1) is 7.86. The quantitative estimate of drug-likeness (QED) is 0.434. The molecule has 0 aromatic heterocycles. The highest BCUT2D eigenvalue weighted by molar-refractivity contribution is 5.78. The van der Waals surface area contributed by atoms with Crippen LogP contribution in [-0.4, -0.2) is 43.7 Å². The molecule has 0 unspecified atom stereocenters. The van der Waals surface area contributed by atoms with Gasteiger partial charge in [0.25, 0.3) is 0 Å². The zero-order chi connectivity index (χ0) is 11.2. The number of nitrogens with two attached hydrogens (primary N) is 1. The summed E-state index contributed by atoms with van der Waals surface area (Å²) in [4.78, 5) is 6.57. The van der Waals surface area contributed by atoms with E-state index in [2.05, 4.69) is 16.0 Å². The van der Waals surface area contributed by atoms with E-state index < -0.39 is 0 Å². The second-order valence-corrected chi connectivity index (χ2v) is 4.38. The molecule has 4 heteroatoms. The first-order valence-electron chi connectivity index (χ1n) is 6.17. The van der Waals surface area contributed by atoms with E-state index in [9.17, 15) is 0 Å². The molecule has 1 saturated heterocycles. The molecule has 1 aliphatic heterocycles. The van der Waals surface area contributed by atoms with E-state index in [1.165, 1.54) is 31.3 Å². The summed E-state index contributed by atoms with van der Waals surface area (Å²) < 4.78 is 5.28. The van der Waals surface area contributed by atoms with Crippen molar-refractivity contribution in [3.8, 4) is 0 Å². The van der Waals surface area contributed by atoms with Crippen molar-refractivity contribution >= 4 is 5.96 Å². The molecular formula is C12H21N3O. The van der Waals surface area contributed by atoms with E-state index in [-0.39, 0.29) is 0 Å². The third-order valence-corrected chi connectivity index (χ3v) is 3.16. The lowest BCUT2D eigenvalue weighted by Gasteiger charge is -2.27. The Kier molecular flexibility index (Phi) is 4.22. The molecule has 2 N–H and O–H groups in total. The number of allylic oxidation sites excluding steroid dienone is 1. The highest BCUT2D eigenvalue weighted by atomic mass is 16.5. The van der Waals surface area contributed by atoms with Crippen molar-refractivity contribution in [2.75, 3.05) is 32.8 Å². The van der Waals surface area contributed by atoms with Crippen molar-refractivity contribution in [2.45, 2.75) is 25.7 Å². The summed E-state index contributed by atoms with van der Waals surface area (Å²) in [5.41, 5.74) is 7.41. The van der Waals surface area contributed by atoms with Gasteiger partial charge >= 0.3 is 0 Å². The molecule has 0 radical (unpaired) electrons. The normalized spacial score (nSPS) is 23.1. The summed E-state index contributed by atoms with van der Waals surface area (Å²) in [6, 6.07) is 0. The molecule has 16 heavy (non-hydrogen) atoms. The van der Waals surface area contributed by atoms with E-state index >= 15 is 0 Å². The van der Waals surface area contributed by atoms with Gasteiger partial charge in [0.15, 0.2) is 5.96 Å². The van der Waals surface area contributed by atoms with Crippen LogP contribution < -0.4 is 5.73 Å². The van der Waals surface area contributed by atoms with Crippen LogP contribution >= 0.6 is 0 Å². The average Bonchev–Trinajstić information content (AvgIpc) is 2.38. The Hall–Kier alpha value is -1.03. The van der Waals surface area contributed by atoms with Gasteiger partial charge in [0, 0.05) is 13.1 Å². The number of nitrogens with zero attached hydrogens (tertiary/aromatic N) is 2. The summed E-state index contributed by atoms with van der Waals surface area (Å²) in [5.74, 6) is 0.676. The maximum absolute atomic E-state index is 5.96. The lowest BCUT2D eigenvalue weighted by molar-refractivity contribution is 0.0674. The molecule has 4 nitrogen and oxygen atoms in total. The lowest BCUT2D eigenvalue weighted by atomic mass is 10.00. The molecule has 1 heterocycles. The third kappa shape index (κ3) is 3.23. The molecule has 2 aliphatic rings. The zero-order valence-corrected chi connectivity index (χ0v) is 9.82. The van der Waals surface area contributed by atoms with Crippen LogP contribution in [-0.2, 0) is 4.74 Å². The number of aliphatic imine (C=N–C) groups is 1. The second-order valence-electron chi connectivity index (χ2n) is 4.38. The molecule has 0 bridgehead atoms. The summed E-state index contributed by atoms with van der Waals surface area (Å²) >= 11 is 0. The van der Waals surface area contributed by atoms with Gasteiger partial charge in [0.05, 0.1) is 19.8 Å². The van der Waals surface area contributed by atoms with Crippen LogP contribution in [0.15, 0.2) is 16.6 Å². The fourth-order valence-electron chi connectivity index (χ4n) is 2.12. The standard InChI is InChI=1S/C12H21N3O/c13-12(15-6-8-16-9-7-15)14-10-11-4-2-1-3-5-11/h4H,1-3,5-10H2,(H2,13,14). The van der Waals surface area contributed by atoms with E-state index in [0.29, 0.717) is 5.96 Å². The van der Waals surface area contributed by atoms with Gasteiger partial charge in [-0.2, -0.15) is 0 Å². The zero-order valence-electron chi connectivity index (χ0n) is 9.82.